The summed E-state index contributed by atoms with van der Waals surface area (Å²) >= 11 is 4.98. The Hall–Kier alpha value is 0.0500. The molecule has 4 nitrogen and oxygen atoms in total. The van der Waals surface area contributed by atoms with Gasteiger partial charge >= 0.3 is 0 Å². The van der Waals surface area contributed by atoms with Gasteiger partial charge in [-0.1, -0.05) is 6.42 Å². The fourth-order valence-electron chi connectivity index (χ4n) is 2.40. The van der Waals surface area contributed by atoms with Crippen molar-refractivity contribution in [3.8, 4) is 0 Å². The largest absolute Gasteiger partial charge is 0.314 e. The molecule has 1 aliphatic rings. The standard InChI is InChI=1S/C13H21BrN2O2S2/c1-16(9-11-8-13(14)19-10-11)20(17,18)7-5-12-4-2-3-6-15-12/h8,10,12,15H,2-7,9H2,1H3. The highest BCUT2D eigenvalue weighted by Gasteiger charge is 2.21. The minimum absolute atomic E-state index is 0.229. The van der Waals surface area contributed by atoms with Gasteiger partial charge in [-0.2, -0.15) is 0 Å². The van der Waals surface area contributed by atoms with Gasteiger partial charge in [0.05, 0.1) is 9.54 Å². The monoisotopic (exact) mass is 380 g/mol. The molecule has 1 fully saturated rings. The summed E-state index contributed by atoms with van der Waals surface area (Å²) in [6.07, 6.45) is 4.21. The molecule has 1 atom stereocenters. The van der Waals surface area contributed by atoms with Gasteiger partial charge in [-0.05, 0) is 58.7 Å². The molecule has 1 aromatic rings. The van der Waals surface area contributed by atoms with Crippen LogP contribution in [0.2, 0.25) is 0 Å². The Kier molecular flexibility index (Phi) is 6.04. The number of halogens is 1. The fraction of sp³-hybridized carbons (Fsp3) is 0.692. The normalized spacial score (nSPS) is 20.4. The molecule has 2 heterocycles. The average Bonchev–Trinajstić information content (AvgIpc) is 2.83. The minimum atomic E-state index is -3.17. The van der Waals surface area contributed by atoms with Crippen LogP contribution in [0, 0.1) is 0 Å². The van der Waals surface area contributed by atoms with Gasteiger partial charge in [-0.15, -0.1) is 11.3 Å². The van der Waals surface area contributed by atoms with E-state index in [-0.39, 0.29) is 5.75 Å². The fourth-order valence-corrected chi connectivity index (χ4v) is 4.84. The molecule has 1 aliphatic heterocycles. The molecule has 1 saturated heterocycles. The highest BCUT2D eigenvalue weighted by atomic mass is 79.9. The lowest BCUT2D eigenvalue weighted by Crippen LogP contribution is -2.37. The van der Waals surface area contributed by atoms with E-state index in [0.29, 0.717) is 19.0 Å². The molecule has 0 saturated carbocycles. The topological polar surface area (TPSA) is 49.4 Å². The second-order valence-electron chi connectivity index (χ2n) is 5.27. The van der Waals surface area contributed by atoms with Crippen LogP contribution < -0.4 is 5.32 Å². The number of hydrogen-bond acceptors (Lipinski definition) is 4. The maximum atomic E-state index is 12.3. The molecule has 1 unspecified atom stereocenters. The van der Waals surface area contributed by atoms with Crippen LogP contribution in [-0.2, 0) is 16.6 Å². The van der Waals surface area contributed by atoms with Crippen LogP contribution in [-0.4, -0.2) is 38.1 Å². The van der Waals surface area contributed by atoms with E-state index >= 15 is 0 Å². The predicted octanol–water partition coefficient (Wildman–Crippen LogP) is 2.80. The van der Waals surface area contributed by atoms with Crippen molar-refractivity contribution in [3.05, 3.63) is 20.8 Å². The molecule has 0 aromatic carbocycles. The minimum Gasteiger partial charge on any atom is -0.314 e. The first-order valence-electron chi connectivity index (χ1n) is 6.88. The van der Waals surface area contributed by atoms with E-state index in [4.69, 9.17) is 0 Å². The molecule has 0 bridgehead atoms. The zero-order valence-electron chi connectivity index (χ0n) is 11.6. The van der Waals surface area contributed by atoms with E-state index in [1.54, 1.807) is 18.4 Å². The SMILES string of the molecule is CN(Cc1csc(Br)c1)S(=O)(=O)CCC1CCCCN1. The van der Waals surface area contributed by atoms with Gasteiger partial charge in [-0.25, -0.2) is 12.7 Å². The van der Waals surface area contributed by atoms with Crippen molar-refractivity contribution < 1.29 is 8.42 Å². The summed E-state index contributed by atoms with van der Waals surface area (Å²) in [6, 6.07) is 2.33. The summed E-state index contributed by atoms with van der Waals surface area (Å²) in [5.74, 6) is 0.229. The highest BCUT2D eigenvalue weighted by molar-refractivity contribution is 9.11. The third-order valence-electron chi connectivity index (χ3n) is 3.64. The molecule has 0 radical (unpaired) electrons. The van der Waals surface area contributed by atoms with Crippen LogP contribution in [0.3, 0.4) is 0 Å². The van der Waals surface area contributed by atoms with Crippen LogP contribution in [0.1, 0.15) is 31.2 Å². The Morgan fingerprint density at radius 2 is 2.30 bits per heavy atom. The van der Waals surface area contributed by atoms with Crippen molar-refractivity contribution in [3.63, 3.8) is 0 Å². The van der Waals surface area contributed by atoms with Crippen LogP contribution in [0.25, 0.3) is 0 Å². The van der Waals surface area contributed by atoms with E-state index in [9.17, 15) is 8.42 Å². The summed E-state index contributed by atoms with van der Waals surface area (Å²) in [5, 5.41) is 5.38. The number of nitrogens with one attached hydrogen (secondary N) is 1. The maximum Gasteiger partial charge on any atom is 0.214 e. The summed E-state index contributed by atoms with van der Waals surface area (Å²) in [7, 11) is -1.50. The van der Waals surface area contributed by atoms with E-state index in [1.807, 2.05) is 11.4 Å². The van der Waals surface area contributed by atoms with Gasteiger partial charge < -0.3 is 5.32 Å². The van der Waals surface area contributed by atoms with Crippen LogP contribution in [0.4, 0.5) is 0 Å². The van der Waals surface area contributed by atoms with Crippen molar-refractivity contribution in [2.45, 2.75) is 38.3 Å². The number of hydrogen-bond donors (Lipinski definition) is 1. The number of nitrogens with zero attached hydrogens (tertiary/aromatic N) is 1. The molecule has 1 N–H and O–H groups in total. The molecule has 2 rings (SSSR count). The van der Waals surface area contributed by atoms with Gasteiger partial charge in [-0.3, -0.25) is 0 Å². The van der Waals surface area contributed by atoms with Gasteiger partial charge in [0.2, 0.25) is 10.0 Å². The first kappa shape index (κ1) is 16.4. The van der Waals surface area contributed by atoms with E-state index < -0.39 is 10.0 Å². The number of thiophene rings is 1. The summed E-state index contributed by atoms with van der Waals surface area (Å²) in [5.41, 5.74) is 1.03. The second-order valence-corrected chi connectivity index (χ2v) is 9.75. The predicted molar refractivity (Wildman–Crippen MR) is 87.5 cm³/mol. The van der Waals surface area contributed by atoms with Crippen molar-refractivity contribution in [1.82, 2.24) is 9.62 Å². The molecular weight excluding hydrogens is 360 g/mol. The van der Waals surface area contributed by atoms with Gasteiger partial charge in [0, 0.05) is 19.6 Å². The van der Waals surface area contributed by atoms with E-state index in [1.165, 1.54) is 17.1 Å². The summed E-state index contributed by atoms with van der Waals surface area (Å²) < 4.78 is 27.0. The average molecular weight is 381 g/mol. The number of rotatable bonds is 6. The quantitative estimate of drug-likeness (QED) is 0.825. The van der Waals surface area contributed by atoms with Crippen LogP contribution in [0.15, 0.2) is 15.2 Å². The molecule has 20 heavy (non-hydrogen) atoms. The Bertz CT molecular complexity index is 524. The summed E-state index contributed by atoms with van der Waals surface area (Å²) in [4.78, 5) is 0. The number of sulfonamides is 1. The molecular formula is C13H21BrN2O2S2. The van der Waals surface area contributed by atoms with Crippen molar-refractivity contribution in [2.75, 3.05) is 19.3 Å². The first-order chi connectivity index (χ1) is 9.47. The van der Waals surface area contributed by atoms with E-state index in [0.717, 1.165) is 22.3 Å². The zero-order chi connectivity index (χ0) is 14.6. The smallest absolute Gasteiger partial charge is 0.214 e. The van der Waals surface area contributed by atoms with Crippen LogP contribution >= 0.6 is 27.3 Å². The van der Waals surface area contributed by atoms with Crippen molar-refractivity contribution in [1.29, 1.82) is 0 Å². The van der Waals surface area contributed by atoms with Gasteiger partial charge in [0.25, 0.3) is 0 Å². The number of piperidine rings is 1. The highest BCUT2D eigenvalue weighted by Crippen LogP contribution is 2.22. The molecule has 0 amide bonds. The Labute approximate surface area is 133 Å². The molecule has 0 aliphatic carbocycles. The van der Waals surface area contributed by atoms with Crippen molar-refractivity contribution in [2.24, 2.45) is 0 Å². The van der Waals surface area contributed by atoms with Crippen LogP contribution in [0.5, 0.6) is 0 Å². The maximum absolute atomic E-state index is 12.3. The zero-order valence-corrected chi connectivity index (χ0v) is 14.9. The van der Waals surface area contributed by atoms with Gasteiger partial charge in [0.1, 0.15) is 0 Å². The van der Waals surface area contributed by atoms with Crippen molar-refractivity contribution >= 4 is 37.3 Å². The molecule has 1 aromatic heterocycles. The lowest BCUT2D eigenvalue weighted by Gasteiger charge is -2.24. The van der Waals surface area contributed by atoms with E-state index in [2.05, 4.69) is 21.2 Å². The lowest BCUT2D eigenvalue weighted by molar-refractivity contribution is 0.388. The summed E-state index contributed by atoms with van der Waals surface area (Å²) in [6.45, 7) is 1.46. The third-order valence-corrected chi connectivity index (χ3v) is 7.02. The molecule has 7 heteroatoms. The second kappa shape index (κ2) is 7.35. The Balaban J connectivity index is 1.85. The lowest BCUT2D eigenvalue weighted by atomic mass is 10.0. The van der Waals surface area contributed by atoms with Gasteiger partial charge in [0.15, 0.2) is 0 Å². The molecule has 114 valence electrons. The Morgan fingerprint density at radius 3 is 2.90 bits per heavy atom. The molecule has 0 spiro atoms. The first-order valence-corrected chi connectivity index (χ1v) is 10.2. The Morgan fingerprint density at radius 1 is 1.50 bits per heavy atom. The third kappa shape index (κ3) is 4.80.